The summed E-state index contributed by atoms with van der Waals surface area (Å²) in [6.45, 7) is 6.30. The van der Waals surface area contributed by atoms with Crippen molar-refractivity contribution in [1.29, 1.82) is 0 Å². The Morgan fingerprint density at radius 1 is 1.10 bits per heavy atom. The van der Waals surface area contributed by atoms with Gasteiger partial charge in [0.15, 0.2) is 11.3 Å². The zero-order chi connectivity index (χ0) is 20.5. The highest BCUT2D eigenvalue weighted by Gasteiger charge is 2.15. The third-order valence-electron chi connectivity index (χ3n) is 4.66. The highest BCUT2D eigenvalue weighted by atomic mass is 16.6. The summed E-state index contributed by atoms with van der Waals surface area (Å²) in [6, 6.07) is 12.8. The number of rotatable bonds is 5. The van der Waals surface area contributed by atoms with Gasteiger partial charge in [0.25, 0.3) is 5.69 Å². The van der Waals surface area contributed by atoms with E-state index in [0.717, 1.165) is 33.8 Å². The molecule has 3 aromatic heterocycles. The van der Waals surface area contributed by atoms with E-state index >= 15 is 0 Å². The van der Waals surface area contributed by atoms with E-state index in [9.17, 15) is 10.1 Å². The molecular weight excluding hydrogens is 368 g/mol. The number of nitro groups is 1. The maximum atomic E-state index is 11.3. The summed E-state index contributed by atoms with van der Waals surface area (Å²) in [5, 5.41) is 19.8. The second kappa shape index (κ2) is 7.31. The number of aryl methyl sites for hydroxylation is 3. The molecule has 8 nitrogen and oxygen atoms in total. The number of hydrogen-bond donors (Lipinski definition) is 1. The molecule has 29 heavy (non-hydrogen) atoms. The Hall–Kier alpha value is -3.81. The minimum atomic E-state index is -0.403. The number of nitro benzene ring substituents is 1. The lowest BCUT2D eigenvalue weighted by molar-refractivity contribution is -0.383. The largest absolute Gasteiger partial charge is 0.380 e. The number of pyridine rings is 2. The normalized spacial score (nSPS) is 11.0. The van der Waals surface area contributed by atoms with Crippen LogP contribution in [0, 0.1) is 30.9 Å². The zero-order valence-electron chi connectivity index (χ0n) is 16.4. The lowest BCUT2D eigenvalue weighted by atomic mass is 10.1. The molecule has 0 saturated carbocycles. The SMILES string of the molecule is Cc1cc(NCc2ccc(-n3nc(C)cc3C)nc2)c2cccc([N+](=O)[O-])c2n1. The van der Waals surface area contributed by atoms with Crippen LogP contribution in [-0.2, 0) is 6.54 Å². The van der Waals surface area contributed by atoms with Crippen LogP contribution >= 0.6 is 0 Å². The van der Waals surface area contributed by atoms with Crippen LogP contribution in [0.3, 0.4) is 0 Å². The van der Waals surface area contributed by atoms with Crippen LogP contribution in [0.5, 0.6) is 0 Å². The topological polar surface area (TPSA) is 98.8 Å². The van der Waals surface area contributed by atoms with Gasteiger partial charge in [-0.15, -0.1) is 0 Å². The van der Waals surface area contributed by atoms with Gasteiger partial charge in [-0.05, 0) is 44.5 Å². The average Bonchev–Trinajstić information content (AvgIpc) is 3.04. The third kappa shape index (κ3) is 3.64. The zero-order valence-corrected chi connectivity index (χ0v) is 16.4. The first-order valence-corrected chi connectivity index (χ1v) is 9.19. The minimum absolute atomic E-state index is 0.00477. The van der Waals surface area contributed by atoms with Gasteiger partial charge in [-0.3, -0.25) is 10.1 Å². The molecule has 0 unspecified atom stereocenters. The van der Waals surface area contributed by atoms with E-state index in [1.165, 1.54) is 6.07 Å². The van der Waals surface area contributed by atoms with E-state index in [4.69, 9.17) is 0 Å². The van der Waals surface area contributed by atoms with Crippen molar-refractivity contribution in [1.82, 2.24) is 19.7 Å². The molecule has 0 aliphatic rings. The number of non-ortho nitro benzene ring substituents is 1. The molecule has 0 bridgehead atoms. The molecule has 4 rings (SSSR count). The van der Waals surface area contributed by atoms with Crippen LogP contribution in [0.2, 0.25) is 0 Å². The number of aromatic nitrogens is 4. The third-order valence-corrected chi connectivity index (χ3v) is 4.66. The van der Waals surface area contributed by atoms with Crippen molar-refractivity contribution in [3.63, 3.8) is 0 Å². The highest BCUT2D eigenvalue weighted by Crippen LogP contribution is 2.30. The Labute approximate surface area is 167 Å². The quantitative estimate of drug-likeness (QED) is 0.405. The van der Waals surface area contributed by atoms with Gasteiger partial charge in [0.1, 0.15) is 0 Å². The molecule has 8 heteroatoms. The van der Waals surface area contributed by atoms with E-state index in [-0.39, 0.29) is 5.69 Å². The van der Waals surface area contributed by atoms with Crippen molar-refractivity contribution in [3.8, 4) is 5.82 Å². The fraction of sp³-hybridized carbons (Fsp3) is 0.190. The van der Waals surface area contributed by atoms with E-state index in [2.05, 4.69) is 20.4 Å². The molecule has 146 valence electrons. The molecule has 0 radical (unpaired) electrons. The second-order valence-electron chi connectivity index (χ2n) is 6.96. The molecule has 0 aliphatic heterocycles. The Morgan fingerprint density at radius 3 is 2.59 bits per heavy atom. The smallest absolute Gasteiger partial charge is 0.295 e. The van der Waals surface area contributed by atoms with Crippen LogP contribution < -0.4 is 5.32 Å². The summed E-state index contributed by atoms with van der Waals surface area (Å²) in [4.78, 5) is 19.8. The number of hydrogen-bond acceptors (Lipinski definition) is 6. The predicted octanol–water partition coefficient (Wildman–Crippen LogP) is 4.26. The van der Waals surface area contributed by atoms with Crippen molar-refractivity contribution in [3.05, 3.63) is 81.4 Å². The summed E-state index contributed by atoms with van der Waals surface area (Å²) < 4.78 is 1.81. The Balaban J connectivity index is 1.59. The maximum absolute atomic E-state index is 11.3. The standard InChI is InChI=1S/C21H20N6O2/c1-13-10-18(17-5-4-6-19(27(28)29)21(17)24-13)22-11-16-7-8-20(23-12-16)26-15(3)9-14(2)25-26/h4-10,12H,11H2,1-3H3,(H,22,24). The molecule has 0 saturated heterocycles. The summed E-state index contributed by atoms with van der Waals surface area (Å²) in [7, 11) is 0. The van der Waals surface area contributed by atoms with Gasteiger partial charge in [0.2, 0.25) is 0 Å². The molecule has 0 fully saturated rings. The molecule has 3 heterocycles. The van der Waals surface area contributed by atoms with Gasteiger partial charge in [-0.1, -0.05) is 18.2 Å². The lowest BCUT2D eigenvalue weighted by Crippen LogP contribution is -2.05. The van der Waals surface area contributed by atoms with E-state index in [1.54, 1.807) is 12.3 Å². The van der Waals surface area contributed by atoms with Crippen molar-refractivity contribution in [2.24, 2.45) is 0 Å². The summed E-state index contributed by atoms with van der Waals surface area (Å²) in [6.07, 6.45) is 1.80. The predicted molar refractivity (Wildman–Crippen MR) is 111 cm³/mol. The molecule has 1 N–H and O–H groups in total. The van der Waals surface area contributed by atoms with Gasteiger partial charge in [-0.25, -0.2) is 14.6 Å². The Kier molecular flexibility index (Phi) is 4.67. The number of benzene rings is 1. The van der Waals surface area contributed by atoms with Crippen molar-refractivity contribution in [2.75, 3.05) is 5.32 Å². The number of nitrogens with zero attached hydrogens (tertiary/aromatic N) is 5. The molecule has 1 aromatic carbocycles. The van der Waals surface area contributed by atoms with Crippen molar-refractivity contribution in [2.45, 2.75) is 27.3 Å². The molecule has 0 spiro atoms. The Bertz CT molecular complexity index is 1210. The van der Waals surface area contributed by atoms with Gasteiger partial charge in [0.05, 0.1) is 10.6 Å². The first-order valence-electron chi connectivity index (χ1n) is 9.19. The number of para-hydroxylation sites is 1. The molecule has 0 aliphatic carbocycles. The van der Waals surface area contributed by atoms with Crippen LogP contribution in [0.25, 0.3) is 16.7 Å². The molecular formula is C21H20N6O2. The number of anilines is 1. The van der Waals surface area contributed by atoms with Crippen LogP contribution in [0.1, 0.15) is 22.6 Å². The lowest BCUT2D eigenvalue weighted by Gasteiger charge is -2.11. The van der Waals surface area contributed by atoms with Crippen LogP contribution in [0.4, 0.5) is 11.4 Å². The molecule has 0 amide bonds. The highest BCUT2D eigenvalue weighted by molar-refractivity contribution is 5.96. The first kappa shape index (κ1) is 18.5. The van der Waals surface area contributed by atoms with Crippen LogP contribution in [-0.4, -0.2) is 24.7 Å². The van der Waals surface area contributed by atoms with Crippen molar-refractivity contribution < 1.29 is 4.92 Å². The van der Waals surface area contributed by atoms with E-state index < -0.39 is 4.92 Å². The summed E-state index contributed by atoms with van der Waals surface area (Å²) in [5.74, 6) is 0.764. The van der Waals surface area contributed by atoms with E-state index in [1.807, 2.05) is 55.8 Å². The average molecular weight is 388 g/mol. The van der Waals surface area contributed by atoms with Gasteiger partial charge in [-0.2, -0.15) is 5.10 Å². The number of fused-ring (bicyclic) bond motifs is 1. The van der Waals surface area contributed by atoms with Crippen LogP contribution in [0.15, 0.2) is 48.7 Å². The maximum Gasteiger partial charge on any atom is 0.295 e. The van der Waals surface area contributed by atoms with Gasteiger partial charge >= 0.3 is 0 Å². The van der Waals surface area contributed by atoms with Gasteiger partial charge < -0.3 is 5.32 Å². The number of nitrogens with one attached hydrogen (secondary N) is 1. The monoisotopic (exact) mass is 388 g/mol. The van der Waals surface area contributed by atoms with Gasteiger partial charge in [0, 0.05) is 41.3 Å². The minimum Gasteiger partial charge on any atom is -0.380 e. The summed E-state index contributed by atoms with van der Waals surface area (Å²) >= 11 is 0. The Morgan fingerprint density at radius 2 is 1.93 bits per heavy atom. The molecule has 0 atom stereocenters. The first-order chi connectivity index (χ1) is 13.9. The van der Waals surface area contributed by atoms with E-state index in [0.29, 0.717) is 17.8 Å². The second-order valence-corrected chi connectivity index (χ2v) is 6.96. The summed E-state index contributed by atoms with van der Waals surface area (Å²) in [5.41, 5.74) is 4.88. The fourth-order valence-corrected chi connectivity index (χ4v) is 3.36. The molecule has 4 aromatic rings. The van der Waals surface area contributed by atoms with Crippen molar-refractivity contribution >= 4 is 22.3 Å². The fourth-order valence-electron chi connectivity index (χ4n) is 3.36.